The molecule has 8 nitrogen and oxygen atoms in total. The van der Waals surface area contributed by atoms with E-state index in [1.807, 2.05) is 29.2 Å². The van der Waals surface area contributed by atoms with Gasteiger partial charge in [-0.2, -0.15) is 0 Å². The van der Waals surface area contributed by atoms with E-state index in [1.165, 1.54) is 12.1 Å². The Morgan fingerprint density at radius 3 is 2.21 bits per heavy atom. The number of benzene rings is 2. The smallest absolute Gasteiger partial charge is 0.293 e. The van der Waals surface area contributed by atoms with Crippen molar-refractivity contribution in [1.29, 1.82) is 0 Å². The van der Waals surface area contributed by atoms with E-state index in [0.717, 1.165) is 24.3 Å². The van der Waals surface area contributed by atoms with E-state index in [9.17, 15) is 23.3 Å². The van der Waals surface area contributed by atoms with Gasteiger partial charge in [0, 0.05) is 44.1 Å². The lowest BCUT2D eigenvalue weighted by molar-refractivity contribution is -0.384. The van der Waals surface area contributed by atoms with Crippen molar-refractivity contribution >= 4 is 27.1 Å². The number of piperazine rings is 1. The Bertz CT molecular complexity index is 1030. The van der Waals surface area contributed by atoms with Gasteiger partial charge < -0.3 is 9.80 Å². The Kier molecular flexibility index (Phi) is 5.88. The number of nitro benzene ring substituents is 1. The summed E-state index contributed by atoms with van der Waals surface area (Å²) in [5.74, 6) is -0.0609. The number of nitrogens with zero attached hydrogens (tertiary/aromatic N) is 3. The van der Waals surface area contributed by atoms with E-state index in [1.54, 1.807) is 4.90 Å². The molecule has 1 aliphatic heterocycles. The summed E-state index contributed by atoms with van der Waals surface area (Å²) in [7, 11) is -3.54. The van der Waals surface area contributed by atoms with Crippen molar-refractivity contribution in [2.75, 3.05) is 37.3 Å². The summed E-state index contributed by atoms with van der Waals surface area (Å²) >= 11 is 0. The van der Waals surface area contributed by atoms with Gasteiger partial charge in [-0.25, -0.2) is 8.42 Å². The fourth-order valence-electron chi connectivity index (χ4n) is 3.36. The first-order valence-corrected chi connectivity index (χ1v) is 11.2. The van der Waals surface area contributed by atoms with Crippen LogP contribution in [0.3, 0.4) is 0 Å². The zero-order valence-electron chi connectivity index (χ0n) is 16.4. The molecule has 0 N–H and O–H groups in total. The molecule has 3 rings (SSSR count). The highest BCUT2D eigenvalue weighted by molar-refractivity contribution is 7.90. The van der Waals surface area contributed by atoms with Crippen molar-refractivity contribution < 1.29 is 18.1 Å². The Morgan fingerprint density at radius 2 is 1.69 bits per heavy atom. The van der Waals surface area contributed by atoms with Gasteiger partial charge in [0.2, 0.25) is 0 Å². The van der Waals surface area contributed by atoms with Crippen LogP contribution < -0.4 is 4.90 Å². The number of anilines is 1. The van der Waals surface area contributed by atoms with Crippen molar-refractivity contribution in [2.45, 2.75) is 18.2 Å². The molecule has 154 valence electrons. The van der Waals surface area contributed by atoms with E-state index in [2.05, 4.69) is 6.92 Å². The molecule has 1 amide bonds. The normalized spacial score (nSPS) is 14.7. The number of hydrogen-bond acceptors (Lipinski definition) is 6. The van der Waals surface area contributed by atoms with E-state index in [-0.39, 0.29) is 16.5 Å². The molecule has 0 saturated carbocycles. The van der Waals surface area contributed by atoms with Crippen LogP contribution in [0.4, 0.5) is 11.4 Å². The summed E-state index contributed by atoms with van der Waals surface area (Å²) in [6.45, 7) is 3.77. The Labute approximate surface area is 169 Å². The number of sulfone groups is 1. The van der Waals surface area contributed by atoms with Gasteiger partial charge in [0.15, 0.2) is 9.84 Å². The molecular weight excluding hydrogens is 394 g/mol. The third-order valence-corrected chi connectivity index (χ3v) is 6.20. The Balaban J connectivity index is 1.74. The molecule has 0 unspecified atom stereocenters. The third kappa shape index (κ3) is 4.56. The van der Waals surface area contributed by atoms with Crippen LogP contribution in [0.5, 0.6) is 0 Å². The predicted octanol–water partition coefficient (Wildman–Crippen LogP) is 2.52. The molecule has 0 atom stereocenters. The SMILES string of the molecule is CCc1ccc(C(=O)N2CCN(c3ccc(S(C)(=O)=O)cc3[N+](=O)[O-])CC2)cc1. The summed E-state index contributed by atoms with van der Waals surface area (Å²) in [5.41, 5.74) is 1.90. The standard InChI is InChI=1S/C20H23N3O5S/c1-3-15-4-6-16(7-5-15)20(24)22-12-10-21(11-13-22)18-9-8-17(29(2,27)28)14-19(18)23(25)26/h4-9,14H,3,10-13H2,1-2H3. The van der Waals surface area contributed by atoms with Gasteiger partial charge in [-0.1, -0.05) is 19.1 Å². The Hall–Kier alpha value is -2.94. The van der Waals surface area contributed by atoms with Gasteiger partial charge in [0.1, 0.15) is 5.69 Å². The van der Waals surface area contributed by atoms with E-state index < -0.39 is 14.8 Å². The molecular formula is C20H23N3O5S. The highest BCUT2D eigenvalue weighted by Gasteiger charge is 2.27. The van der Waals surface area contributed by atoms with Gasteiger partial charge in [-0.15, -0.1) is 0 Å². The maximum atomic E-state index is 12.7. The molecule has 0 bridgehead atoms. The predicted molar refractivity (Wildman–Crippen MR) is 110 cm³/mol. The fourth-order valence-corrected chi connectivity index (χ4v) is 4.00. The minimum Gasteiger partial charge on any atom is -0.362 e. The summed E-state index contributed by atoms with van der Waals surface area (Å²) in [5, 5.41) is 11.5. The zero-order valence-corrected chi connectivity index (χ0v) is 17.2. The van der Waals surface area contributed by atoms with E-state index >= 15 is 0 Å². The van der Waals surface area contributed by atoms with Gasteiger partial charge in [0.05, 0.1) is 9.82 Å². The molecule has 0 spiro atoms. The average molecular weight is 417 g/mol. The van der Waals surface area contributed by atoms with Crippen LogP contribution in [-0.4, -0.2) is 56.6 Å². The molecule has 9 heteroatoms. The molecule has 29 heavy (non-hydrogen) atoms. The number of amides is 1. The van der Waals surface area contributed by atoms with Crippen molar-refractivity contribution in [1.82, 2.24) is 4.90 Å². The van der Waals surface area contributed by atoms with Crippen LogP contribution in [0, 0.1) is 10.1 Å². The van der Waals surface area contributed by atoms with Crippen LogP contribution in [0.15, 0.2) is 47.4 Å². The Morgan fingerprint density at radius 1 is 1.07 bits per heavy atom. The first-order valence-electron chi connectivity index (χ1n) is 9.32. The second-order valence-electron chi connectivity index (χ2n) is 7.01. The van der Waals surface area contributed by atoms with Crippen LogP contribution in [-0.2, 0) is 16.3 Å². The molecule has 0 aliphatic carbocycles. The van der Waals surface area contributed by atoms with Gasteiger partial charge in [-0.3, -0.25) is 14.9 Å². The molecule has 1 heterocycles. The third-order valence-electron chi connectivity index (χ3n) is 5.09. The maximum absolute atomic E-state index is 12.7. The molecule has 1 aliphatic rings. The number of carbonyl (C=O) groups excluding carboxylic acids is 1. The molecule has 1 fully saturated rings. The molecule has 0 radical (unpaired) electrons. The molecule has 2 aromatic carbocycles. The largest absolute Gasteiger partial charge is 0.362 e. The van der Waals surface area contributed by atoms with Gasteiger partial charge >= 0.3 is 0 Å². The quantitative estimate of drug-likeness (QED) is 0.547. The minimum atomic E-state index is -3.54. The van der Waals surface area contributed by atoms with Gasteiger partial charge in [-0.05, 0) is 36.2 Å². The summed E-state index contributed by atoms with van der Waals surface area (Å²) in [4.78, 5) is 27.1. The van der Waals surface area contributed by atoms with Crippen molar-refractivity contribution in [3.05, 3.63) is 63.7 Å². The van der Waals surface area contributed by atoms with Crippen LogP contribution >= 0.6 is 0 Å². The van der Waals surface area contributed by atoms with E-state index in [0.29, 0.717) is 37.4 Å². The second-order valence-corrected chi connectivity index (χ2v) is 9.03. The summed E-state index contributed by atoms with van der Waals surface area (Å²) < 4.78 is 23.4. The lowest BCUT2D eigenvalue weighted by atomic mass is 10.1. The second kappa shape index (κ2) is 8.20. The first-order chi connectivity index (χ1) is 13.7. The van der Waals surface area contributed by atoms with E-state index in [4.69, 9.17) is 0 Å². The first kappa shape index (κ1) is 20.8. The number of rotatable bonds is 5. The number of hydrogen-bond donors (Lipinski definition) is 0. The van der Waals surface area contributed by atoms with Crippen LogP contribution in [0.1, 0.15) is 22.8 Å². The fraction of sp³-hybridized carbons (Fsp3) is 0.350. The summed E-state index contributed by atoms with van der Waals surface area (Å²) in [6, 6.07) is 11.5. The average Bonchev–Trinajstić information content (AvgIpc) is 2.72. The van der Waals surface area contributed by atoms with Gasteiger partial charge in [0.25, 0.3) is 11.6 Å². The monoisotopic (exact) mass is 417 g/mol. The highest BCUT2D eigenvalue weighted by atomic mass is 32.2. The van der Waals surface area contributed by atoms with Crippen molar-refractivity contribution in [3.8, 4) is 0 Å². The zero-order chi connectivity index (χ0) is 21.2. The summed E-state index contributed by atoms with van der Waals surface area (Å²) in [6.07, 6.45) is 1.92. The lowest BCUT2D eigenvalue weighted by Crippen LogP contribution is -2.49. The van der Waals surface area contributed by atoms with Crippen LogP contribution in [0.25, 0.3) is 0 Å². The number of carbonyl (C=O) groups is 1. The number of nitro groups is 1. The number of aryl methyl sites for hydroxylation is 1. The molecule has 0 aromatic heterocycles. The molecule has 2 aromatic rings. The topological polar surface area (TPSA) is 101 Å². The van der Waals surface area contributed by atoms with Crippen LogP contribution in [0.2, 0.25) is 0 Å². The maximum Gasteiger partial charge on any atom is 0.293 e. The minimum absolute atomic E-state index is 0.0609. The van der Waals surface area contributed by atoms with Crippen molar-refractivity contribution in [2.24, 2.45) is 0 Å². The lowest BCUT2D eigenvalue weighted by Gasteiger charge is -2.36. The highest BCUT2D eigenvalue weighted by Crippen LogP contribution is 2.31. The van der Waals surface area contributed by atoms with Crippen molar-refractivity contribution in [3.63, 3.8) is 0 Å². The molecule has 1 saturated heterocycles.